The van der Waals surface area contributed by atoms with Crippen molar-refractivity contribution in [3.05, 3.63) is 0 Å². The summed E-state index contributed by atoms with van der Waals surface area (Å²) in [6.07, 6.45) is -1.96. The molecule has 0 spiro atoms. The topological polar surface area (TPSA) is 121 Å². The standard InChI is InChI=1S/C11H19NO7.HI/c1-12(2,3)4-5-19-9(15)7-11(18,10(16)17)6-8(13)14;/h18H,4-7H2,1-3H3,(H-,13,14,16,17);1H. The molecule has 118 valence electrons. The average molecular weight is 405 g/mol. The Labute approximate surface area is 133 Å². The van der Waals surface area contributed by atoms with Gasteiger partial charge >= 0.3 is 17.9 Å². The van der Waals surface area contributed by atoms with Crippen LogP contribution in [0.1, 0.15) is 12.8 Å². The number of rotatable bonds is 8. The van der Waals surface area contributed by atoms with Crippen LogP contribution in [0, 0.1) is 0 Å². The molecule has 20 heavy (non-hydrogen) atoms. The van der Waals surface area contributed by atoms with Crippen molar-refractivity contribution in [1.29, 1.82) is 0 Å². The van der Waals surface area contributed by atoms with Crippen molar-refractivity contribution in [3.63, 3.8) is 0 Å². The van der Waals surface area contributed by atoms with E-state index in [2.05, 4.69) is 0 Å². The number of carbonyl (C=O) groups excluding carboxylic acids is 1. The molecule has 0 aromatic heterocycles. The third-order valence-electron chi connectivity index (χ3n) is 2.30. The molecule has 0 aliphatic rings. The van der Waals surface area contributed by atoms with Crippen LogP contribution in [0.2, 0.25) is 0 Å². The van der Waals surface area contributed by atoms with Crippen molar-refractivity contribution < 1.29 is 62.9 Å². The summed E-state index contributed by atoms with van der Waals surface area (Å²) in [6, 6.07) is 0. The Bertz CT molecular complexity index is 366. The molecule has 0 aliphatic carbocycles. The minimum Gasteiger partial charge on any atom is -1.00 e. The SMILES string of the molecule is C[N+](C)(C)CCOC(=O)CC(O)(CC(=O)O)C(=O)O.[I-]. The Morgan fingerprint density at radius 1 is 1.10 bits per heavy atom. The molecule has 0 saturated heterocycles. The van der Waals surface area contributed by atoms with Crippen LogP contribution in [-0.2, 0) is 19.1 Å². The summed E-state index contributed by atoms with van der Waals surface area (Å²) in [5.74, 6) is -4.22. The zero-order valence-corrected chi connectivity index (χ0v) is 13.8. The Morgan fingerprint density at radius 3 is 1.95 bits per heavy atom. The second kappa shape index (κ2) is 8.37. The molecule has 0 aliphatic heterocycles. The van der Waals surface area contributed by atoms with Crippen molar-refractivity contribution in [1.82, 2.24) is 0 Å². The summed E-state index contributed by atoms with van der Waals surface area (Å²) in [7, 11) is 5.64. The number of carbonyl (C=O) groups is 3. The normalized spacial score (nSPS) is 13.8. The summed E-state index contributed by atoms with van der Waals surface area (Å²) in [6.45, 7) is 0.571. The van der Waals surface area contributed by atoms with Gasteiger partial charge in [-0.3, -0.25) is 9.59 Å². The number of aliphatic hydroxyl groups is 1. The summed E-state index contributed by atoms with van der Waals surface area (Å²) in [5.41, 5.74) is -2.64. The number of quaternary nitrogens is 1. The molecule has 0 heterocycles. The second-order valence-electron chi connectivity index (χ2n) is 5.32. The van der Waals surface area contributed by atoms with E-state index in [0.717, 1.165) is 0 Å². The molecule has 8 nitrogen and oxygen atoms in total. The molecule has 0 fully saturated rings. The molecular weight excluding hydrogens is 385 g/mol. The van der Waals surface area contributed by atoms with E-state index in [0.29, 0.717) is 11.0 Å². The molecular formula is C11H20INO7. The minimum absolute atomic E-state index is 0. The lowest BCUT2D eigenvalue weighted by molar-refractivity contribution is -0.870. The van der Waals surface area contributed by atoms with Gasteiger partial charge in [-0.1, -0.05) is 0 Å². The van der Waals surface area contributed by atoms with Gasteiger partial charge in [-0.25, -0.2) is 4.79 Å². The third-order valence-corrected chi connectivity index (χ3v) is 2.30. The second-order valence-corrected chi connectivity index (χ2v) is 5.32. The zero-order valence-electron chi connectivity index (χ0n) is 11.6. The molecule has 1 atom stereocenters. The summed E-state index contributed by atoms with van der Waals surface area (Å²) in [5, 5.41) is 26.9. The molecule has 0 saturated carbocycles. The first-order chi connectivity index (χ1) is 8.46. The summed E-state index contributed by atoms with van der Waals surface area (Å²) >= 11 is 0. The highest BCUT2D eigenvalue weighted by atomic mass is 127. The number of hydrogen-bond acceptors (Lipinski definition) is 5. The monoisotopic (exact) mass is 405 g/mol. The van der Waals surface area contributed by atoms with Crippen molar-refractivity contribution in [2.45, 2.75) is 18.4 Å². The Hall–Kier alpha value is -0.940. The zero-order chi connectivity index (χ0) is 15.3. The van der Waals surface area contributed by atoms with Gasteiger partial charge in [-0.05, 0) is 0 Å². The van der Waals surface area contributed by atoms with Gasteiger partial charge in [0.2, 0.25) is 0 Å². The highest BCUT2D eigenvalue weighted by Gasteiger charge is 2.41. The largest absolute Gasteiger partial charge is 1.00 e. The smallest absolute Gasteiger partial charge is 0.336 e. The molecule has 0 aromatic carbocycles. The van der Waals surface area contributed by atoms with E-state index in [1.54, 1.807) is 0 Å². The van der Waals surface area contributed by atoms with Crippen molar-refractivity contribution in [2.75, 3.05) is 34.3 Å². The van der Waals surface area contributed by atoms with E-state index in [-0.39, 0.29) is 30.6 Å². The van der Waals surface area contributed by atoms with Gasteiger partial charge in [0.1, 0.15) is 13.2 Å². The molecule has 3 N–H and O–H groups in total. The van der Waals surface area contributed by atoms with Crippen molar-refractivity contribution in [3.8, 4) is 0 Å². The van der Waals surface area contributed by atoms with Gasteiger partial charge in [0.25, 0.3) is 0 Å². The van der Waals surface area contributed by atoms with E-state index in [4.69, 9.17) is 14.9 Å². The van der Waals surface area contributed by atoms with Crippen LogP contribution in [-0.4, -0.2) is 77.6 Å². The number of ether oxygens (including phenoxy) is 1. The first-order valence-electron chi connectivity index (χ1n) is 5.60. The first kappa shape index (κ1) is 21.4. The Balaban J connectivity index is 0. The maximum Gasteiger partial charge on any atom is 0.336 e. The van der Waals surface area contributed by atoms with Gasteiger partial charge < -0.3 is 48.5 Å². The van der Waals surface area contributed by atoms with Crippen LogP contribution in [0.3, 0.4) is 0 Å². The summed E-state index contributed by atoms with van der Waals surface area (Å²) < 4.78 is 5.32. The van der Waals surface area contributed by atoms with E-state index in [9.17, 15) is 19.5 Å². The Morgan fingerprint density at radius 2 is 1.60 bits per heavy atom. The minimum atomic E-state index is -2.64. The molecule has 9 heteroatoms. The van der Waals surface area contributed by atoms with Crippen LogP contribution in [0.25, 0.3) is 0 Å². The average Bonchev–Trinajstić information content (AvgIpc) is 2.12. The van der Waals surface area contributed by atoms with Gasteiger partial charge in [0.05, 0.1) is 34.0 Å². The molecule has 1 unspecified atom stereocenters. The predicted molar refractivity (Wildman–Crippen MR) is 63.3 cm³/mol. The maximum absolute atomic E-state index is 11.4. The van der Waals surface area contributed by atoms with Crippen molar-refractivity contribution >= 4 is 17.9 Å². The Kier molecular flexibility index (Phi) is 8.94. The van der Waals surface area contributed by atoms with E-state index < -0.39 is 36.4 Å². The third kappa shape index (κ3) is 9.04. The van der Waals surface area contributed by atoms with E-state index in [1.807, 2.05) is 21.1 Å². The number of halogens is 1. The van der Waals surface area contributed by atoms with Crippen LogP contribution in [0.4, 0.5) is 0 Å². The fraction of sp³-hybridized carbons (Fsp3) is 0.727. The van der Waals surface area contributed by atoms with Crippen LogP contribution >= 0.6 is 0 Å². The van der Waals surface area contributed by atoms with Crippen molar-refractivity contribution in [2.24, 2.45) is 0 Å². The van der Waals surface area contributed by atoms with Gasteiger partial charge in [-0.15, -0.1) is 0 Å². The van der Waals surface area contributed by atoms with Crippen LogP contribution in [0.15, 0.2) is 0 Å². The van der Waals surface area contributed by atoms with Crippen LogP contribution in [0.5, 0.6) is 0 Å². The van der Waals surface area contributed by atoms with E-state index >= 15 is 0 Å². The number of aliphatic carboxylic acids is 2. The molecule has 0 amide bonds. The number of nitrogens with zero attached hydrogens (tertiary/aromatic N) is 1. The van der Waals surface area contributed by atoms with Crippen LogP contribution < -0.4 is 24.0 Å². The number of likely N-dealkylation sites (N-methyl/N-ethyl adjacent to an activating group) is 1. The molecule has 0 rings (SSSR count). The lowest BCUT2D eigenvalue weighted by Gasteiger charge is -2.24. The predicted octanol–water partition coefficient (Wildman–Crippen LogP) is -4.08. The number of hydrogen-bond donors (Lipinski definition) is 3. The van der Waals surface area contributed by atoms with Gasteiger partial charge in [-0.2, -0.15) is 0 Å². The number of carboxylic acid groups (broad SMARTS) is 2. The number of esters is 1. The fourth-order valence-corrected chi connectivity index (χ4v) is 1.19. The molecule has 0 radical (unpaired) electrons. The van der Waals surface area contributed by atoms with Gasteiger partial charge in [0.15, 0.2) is 5.60 Å². The fourth-order valence-electron chi connectivity index (χ4n) is 1.19. The lowest BCUT2D eigenvalue weighted by atomic mass is 9.96. The number of carboxylic acids is 2. The highest BCUT2D eigenvalue weighted by Crippen LogP contribution is 2.17. The quantitative estimate of drug-likeness (QED) is 0.213. The highest BCUT2D eigenvalue weighted by molar-refractivity contribution is 5.88. The lowest BCUT2D eigenvalue weighted by Crippen LogP contribution is -3.00. The summed E-state index contributed by atoms with van der Waals surface area (Å²) in [4.78, 5) is 32.7. The van der Waals surface area contributed by atoms with Gasteiger partial charge in [0, 0.05) is 0 Å². The maximum atomic E-state index is 11.4. The van der Waals surface area contributed by atoms with E-state index in [1.165, 1.54) is 0 Å². The molecule has 0 aromatic rings. The molecule has 0 bridgehead atoms. The first-order valence-corrected chi connectivity index (χ1v) is 5.60.